The molecule has 2 aliphatic rings. The van der Waals surface area contributed by atoms with Gasteiger partial charge in [-0.05, 0) is 54.2 Å². The van der Waals surface area contributed by atoms with Crippen molar-refractivity contribution in [3.63, 3.8) is 0 Å². The molecular formula is C28H27NO4S. The fourth-order valence-electron chi connectivity index (χ4n) is 5.31. The van der Waals surface area contributed by atoms with Crippen LogP contribution < -0.4 is 0 Å². The third-order valence-electron chi connectivity index (χ3n) is 7.01. The van der Waals surface area contributed by atoms with E-state index in [2.05, 4.69) is 12.1 Å². The minimum absolute atomic E-state index is 0.0693. The summed E-state index contributed by atoms with van der Waals surface area (Å²) in [5.74, 6) is -1.11. The number of amides is 1. The molecule has 2 atom stereocenters. The summed E-state index contributed by atoms with van der Waals surface area (Å²) in [6, 6.07) is 22.6. The molecule has 0 aromatic heterocycles. The van der Waals surface area contributed by atoms with Crippen molar-refractivity contribution in [2.24, 2.45) is 0 Å². The Balaban J connectivity index is 1.60. The highest BCUT2D eigenvalue weighted by Gasteiger charge is 2.60. The summed E-state index contributed by atoms with van der Waals surface area (Å²) in [6.45, 7) is 1.90. The molecule has 0 bridgehead atoms. The molecule has 0 unspecified atom stereocenters. The maximum Gasteiger partial charge on any atom is 0.323 e. The first-order chi connectivity index (χ1) is 16.4. The van der Waals surface area contributed by atoms with Gasteiger partial charge in [0.1, 0.15) is 0 Å². The van der Waals surface area contributed by atoms with E-state index in [9.17, 15) is 19.8 Å². The number of aliphatic hydroxyl groups is 1. The topological polar surface area (TPSA) is 77.8 Å². The zero-order chi connectivity index (χ0) is 23.9. The van der Waals surface area contributed by atoms with Gasteiger partial charge in [-0.3, -0.25) is 9.59 Å². The van der Waals surface area contributed by atoms with Gasteiger partial charge in [-0.15, -0.1) is 11.8 Å². The van der Waals surface area contributed by atoms with Crippen LogP contribution in [-0.4, -0.2) is 37.8 Å². The number of aliphatic carboxylic acids is 1. The standard InChI is InChI=1S/C28H27NO4S/c1-18-6-12-24(13-7-18)34-28(27(32)33)16-25(31)29(23-14-21-4-2-3-5-22(21)15-23)26(28)20-10-8-19(17-30)9-11-20/h2-13,23,26,30H,14-17H2,1H3,(H,32,33)/t26-,28-/m1/s1. The zero-order valence-electron chi connectivity index (χ0n) is 19.0. The number of benzene rings is 3. The van der Waals surface area contributed by atoms with E-state index in [1.54, 1.807) is 0 Å². The highest BCUT2D eigenvalue weighted by molar-refractivity contribution is 8.01. The number of aryl methyl sites for hydroxylation is 1. The van der Waals surface area contributed by atoms with Crippen LogP contribution in [0.15, 0.2) is 77.7 Å². The molecule has 1 saturated heterocycles. The number of hydrogen-bond donors (Lipinski definition) is 2. The second kappa shape index (κ2) is 8.93. The van der Waals surface area contributed by atoms with Crippen LogP contribution in [-0.2, 0) is 29.0 Å². The Morgan fingerprint density at radius 2 is 1.62 bits per heavy atom. The Hall–Kier alpha value is -3.09. The summed E-state index contributed by atoms with van der Waals surface area (Å²) in [5, 5.41) is 20.1. The Morgan fingerprint density at radius 1 is 1.00 bits per heavy atom. The van der Waals surface area contributed by atoms with E-state index in [0.29, 0.717) is 0 Å². The van der Waals surface area contributed by atoms with E-state index in [1.807, 2.05) is 72.5 Å². The number of aliphatic hydroxyl groups excluding tert-OH is 1. The first-order valence-electron chi connectivity index (χ1n) is 11.5. The van der Waals surface area contributed by atoms with Gasteiger partial charge < -0.3 is 15.1 Å². The second-order valence-corrected chi connectivity index (χ2v) is 10.6. The van der Waals surface area contributed by atoms with Gasteiger partial charge in [-0.2, -0.15) is 0 Å². The highest BCUT2D eigenvalue weighted by atomic mass is 32.2. The Kier molecular flexibility index (Phi) is 5.96. The molecule has 0 saturated carbocycles. The third-order valence-corrected chi connectivity index (χ3v) is 8.42. The van der Waals surface area contributed by atoms with Gasteiger partial charge in [0.2, 0.25) is 5.91 Å². The van der Waals surface area contributed by atoms with Crippen molar-refractivity contribution >= 4 is 23.6 Å². The molecule has 2 N–H and O–H groups in total. The second-order valence-electron chi connectivity index (χ2n) is 9.22. The number of nitrogens with zero attached hydrogens (tertiary/aromatic N) is 1. The van der Waals surface area contributed by atoms with E-state index in [-0.39, 0.29) is 25.0 Å². The third kappa shape index (κ3) is 3.91. The van der Waals surface area contributed by atoms with Gasteiger partial charge in [0, 0.05) is 10.9 Å². The van der Waals surface area contributed by atoms with Crippen LogP contribution in [0.3, 0.4) is 0 Å². The molecule has 0 spiro atoms. The Morgan fingerprint density at radius 3 is 2.18 bits per heavy atom. The number of carbonyl (C=O) groups excluding carboxylic acids is 1. The molecule has 1 aliphatic carbocycles. The first-order valence-corrected chi connectivity index (χ1v) is 12.3. The van der Waals surface area contributed by atoms with Crippen molar-refractivity contribution in [3.05, 3.63) is 101 Å². The SMILES string of the molecule is Cc1ccc(S[C@]2(C(=O)O)CC(=O)N(C3Cc4ccccc4C3)[C@@H]2c2ccc(CO)cc2)cc1. The molecule has 5 nitrogen and oxygen atoms in total. The predicted molar refractivity (Wildman–Crippen MR) is 132 cm³/mol. The van der Waals surface area contributed by atoms with E-state index in [1.165, 1.54) is 22.9 Å². The minimum Gasteiger partial charge on any atom is -0.480 e. The lowest BCUT2D eigenvalue weighted by Crippen LogP contribution is -2.45. The molecule has 1 heterocycles. The van der Waals surface area contributed by atoms with Crippen LogP contribution in [0.25, 0.3) is 0 Å². The monoisotopic (exact) mass is 473 g/mol. The smallest absolute Gasteiger partial charge is 0.323 e. The number of carboxylic acids is 1. The van der Waals surface area contributed by atoms with Crippen molar-refractivity contribution in [3.8, 4) is 0 Å². The summed E-state index contributed by atoms with van der Waals surface area (Å²) in [6.07, 6.45) is 1.37. The molecule has 1 fully saturated rings. The Labute approximate surface area is 203 Å². The number of rotatable bonds is 6. The number of carbonyl (C=O) groups is 2. The van der Waals surface area contributed by atoms with Crippen LogP contribution in [0, 0.1) is 6.92 Å². The maximum atomic E-state index is 13.6. The Bertz CT molecular complexity index is 1200. The molecule has 1 amide bonds. The van der Waals surface area contributed by atoms with Gasteiger partial charge in [0.25, 0.3) is 0 Å². The van der Waals surface area contributed by atoms with Gasteiger partial charge in [0.05, 0.1) is 19.1 Å². The molecule has 1 aliphatic heterocycles. The van der Waals surface area contributed by atoms with Crippen LogP contribution in [0.1, 0.15) is 40.3 Å². The summed E-state index contributed by atoms with van der Waals surface area (Å²) in [4.78, 5) is 29.2. The van der Waals surface area contributed by atoms with E-state index in [4.69, 9.17) is 0 Å². The lowest BCUT2D eigenvalue weighted by atomic mass is 9.91. The van der Waals surface area contributed by atoms with E-state index in [0.717, 1.165) is 34.4 Å². The normalized spacial score (nSPS) is 22.2. The number of fused-ring (bicyclic) bond motifs is 1. The largest absolute Gasteiger partial charge is 0.480 e. The van der Waals surface area contributed by atoms with E-state index >= 15 is 0 Å². The average Bonchev–Trinajstić information content (AvgIpc) is 3.39. The fourth-order valence-corrected chi connectivity index (χ4v) is 6.64. The van der Waals surface area contributed by atoms with E-state index < -0.39 is 16.8 Å². The molecule has 6 heteroatoms. The number of likely N-dealkylation sites (tertiary alicyclic amines) is 1. The lowest BCUT2D eigenvalue weighted by molar-refractivity contribution is -0.140. The van der Waals surface area contributed by atoms with Gasteiger partial charge in [0.15, 0.2) is 4.75 Å². The summed E-state index contributed by atoms with van der Waals surface area (Å²) in [5.41, 5.74) is 5.06. The van der Waals surface area contributed by atoms with Crippen LogP contribution in [0.5, 0.6) is 0 Å². The molecule has 0 radical (unpaired) electrons. The van der Waals surface area contributed by atoms with Crippen molar-refractivity contribution in [2.45, 2.75) is 54.5 Å². The molecule has 3 aromatic carbocycles. The van der Waals surface area contributed by atoms with Crippen LogP contribution in [0.4, 0.5) is 0 Å². The fraction of sp³-hybridized carbons (Fsp3) is 0.286. The summed E-state index contributed by atoms with van der Waals surface area (Å²) >= 11 is 1.27. The summed E-state index contributed by atoms with van der Waals surface area (Å²) in [7, 11) is 0. The number of thioether (sulfide) groups is 1. The molecular weight excluding hydrogens is 446 g/mol. The first kappa shape index (κ1) is 22.7. The van der Waals surface area contributed by atoms with Crippen molar-refractivity contribution in [2.75, 3.05) is 0 Å². The molecule has 5 rings (SSSR count). The summed E-state index contributed by atoms with van der Waals surface area (Å²) < 4.78 is -1.36. The van der Waals surface area contributed by atoms with Crippen molar-refractivity contribution in [1.82, 2.24) is 4.90 Å². The van der Waals surface area contributed by atoms with Crippen molar-refractivity contribution in [1.29, 1.82) is 0 Å². The highest BCUT2D eigenvalue weighted by Crippen LogP contribution is 2.54. The lowest BCUT2D eigenvalue weighted by Gasteiger charge is -2.37. The molecule has 34 heavy (non-hydrogen) atoms. The molecule has 174 valence electrons. The maximum absolute atomic E-state index is 13.6. The average molecular weight is 474 g/mol. The quantitative estimate of drug-likeness (QED) is 0.550. The van der Waals surface area contributed by atoms with Crippen LogP contribution >= 0.6 is 11.8 Å². The number of carboxylic acid groups (broad SMARTS) is 1. The van der Waals surface area contributed by atoms with Crippen molar-refractivity contribution < 1.29 is 19.8 Å². The minimum atomic E-state index is -1.36. The van der Waals surface area contributed by atoms with Gasteiger partial charge in [-0.1, -0.05) is 66.2 Å². The van der Waals surface area contributed by atoms with Crippen LogP contribution in [0.2, 0.25) is 0 Å². The van der Waals surface area contributed by atoms with Gasteiger partial charge in [-0.25, -0.2) is 0 Å². The number of hydrogen-bond acceptors (Lipinski definition) is 4. The predicted octanol–water partition coefficient (Wildman–Crippen LogP) is 4.54. The molecule has 3 aromatic rings. The zero-order valence-corrected chi connectivity index (χ0v) is 19.8. The van der Waals surface area contributed by atoms with Gasteiger partial charge >= 0.3 is 5.97 Å².